The number of fused-ring (bicyclic) bond motifs is 2. The molecule has 1 spiro atoms. The van der Waals surface area contributed by atoms with Crippen LogP contribution < -0.4 is 15.5 Å². The van der Waals surface area contributed by atoms with Crippen LogP contribution in [0.2, 0.25) is 0 Å². The lowest BCUT2D eigenvalue weighted by Crippen LogP contribution is -2.53. The van der Waals surface area contributed by atoms with Gasteiger partial charge in [-0.05, 0) is 41.3 Å². The molecule has 4 aromatic rings. The van der Waals surface area contributed by atoms with Gasteiger partial charge in [0, 0.05) is 22.3 Å². The van der Waals surface area contributed by atoms with E-state index in [1.807, 2.05) is 48.5 Å². The summed E-state index contributed by atoms with van der Waals surface area (Å²) in [4.78, 5) is 15.6. The van der Waals surface area contributed by atoms with Crippen molar-refractivity contribution in [2.24, 2.45) is 0 Å². The molecule has 0 aromatic heterocycles. The van der Waals surface area contributed by atoms with Gasteiger partial charge in [0.1, 0.15) is 5.82 Å². The number of para-hydroxylation sites is 1. The molecule has 2 aliphatic rings. The molecule has 4 nitrogen and oxygen atoms in total. The number of carbonyl (C=O) groups is 1. The van der Waals surface area contributed by atoms with Gasteiger partial charge in [0.25, 0.3) is 5.91 Å². The van der Waals surface area contributed by atoms with Crippen LogP contribution in [0, 0.1) is 5.82 Å². The Kier molecular flexibility index (Phi) is 3.45. The highest BCUT2D eigenvalue weighted by atomic mass is 19.1. The molecule has 0 unspecified atom stereocenters. The Hall–Kier alpha value is -3.86. The van der Waals surface area contributed by atoms with Crippen LogP contribution in [-0.4, -0.2) is 5.91 Å². The monoisotopic (exact) mass is 395 g/mol. The van der Waals surface area contributed by atoms with Crippen molar-refractivity contribution >= 4 is 33.7 Å². The number of amides is 1. The van der Waals surface area contributed by atoms with Crippen molar-refractivity contribution in [3.05, 3.63) is 102 Å². The first-order valence-electron chi connectivity index (χ1n) is 9.90. The minimum absolute atomic E-state index is 0.0838. The maximum Gasteiger partial charge on any atom is 0.278 e. The molecule has 1 amide bonds. The number of halogens is 1. The van der Waals surface area contributed by atoms with E-state index in [4.69, 9.17) is 0 Å². The van der Waals surface area contributed by atoms with Crippen LogP contribution in [0.15, 0.2) is 84.9 Å². The number of rotatable bonds is 2. The maximum atomic E-state index is 13.9. The number of nitrogens with zero attached hydrogens (tertiary/aromatic N) is 1. The molecule has 0 atom stereocenters. The number of anilines is 3. The van der Waals surface area contributed by atoms with Crippen molar-refractivity contribution < 1.29 is 9.18 Å². The summed E-state index contributed by atoms with van der Waals surface area (Å²) in [5.74, 6) is -0.372. The fraction of sp³-hybridized carbons (Fsp3) is 0.0800. The molecule has 2 aliphatic heterocycles. The van der Waals surface area contributed by atoms with E-state index >= 15 is 0 Å². The van der Waals surface area contributed by atoms with Gasteiger partial charge in [0.05, 0.1) is 12.2 Å². The summed E-state index contributed by atoms with van der Waals surface area (Å²) in [6, 6.07) is 26.2. The smallest absolute Gasteiger partial charge is 0.278 e. The van der Waals surface area contributed by atoms with E-state index < -0.39 is 5.66 Å². The third kappa shape index (κ3) is 2.29. The van der Waals surface area contributed by atoms with Gasteiger partial charge in [0.2, 0.25) is 5.66 Å². The predicted octanol–water partition coefficient (Wildman–Crippen LogP) is 5.22. The van der Waals surface area contributed by atoms with E-state index in [-0.39, 0.29) is 11.7 Å². The van der Waals surface area contributed by atoms with Crippen LogP contribution >= 0.6 is 0 Å². The van der Waals surface area contributed by atoms with Crippen molar-refractivity contribution in [1.29, 1.82) is 0 Å². The highest BCUT2D eigenvalue weighted by Gasteiger charge is 2.53. The lowest BCUT2D eigenvalue weighted by atomic mass is 9.94. The minimum Gasteiger partial charge on any atom is -0.351 e. The Morgan fingerprint density at radius 3 is 2.17 bits per heavy atom. The molecule has 0 bridgehead atoms. The summed E-state index contributed by atoms with van der Waals surface area (Å²) in [6.45, 7) is 0.368. The molecule has 6 rings (SSSR count). The molecule has 2 N–H and O–H groups in total. The van der Waals surface area contributed by atoms with Gasteiger partial charge in [-0.3, -0.25) is 4.79 Å². The van der Waals surface area contributed by atoms with E-state index in [2.05, 4.69) is 22.8 Å². The van der Waals surface area contributed by atoms with Crippen molar-refractivity contribution in [3.63, 3.8) is 0 Å². The van der Waals surface area contributed by atoms with Crippen LogP contribution in [-0.2, 0) is 17.0 Å². The molecule has 30 heavy (non-hydrogen) atoms. The van der Waals surface area contributed by atoms with Crippen molar-refractivity contribution in [2.45, 2.75) is 12.2 Å². The van der Waals surface area contributed by atoms with Crippen LogP contribution in [0.1, 0.15) is 11.1 Å². The quantitative estimate of drug-likeness (QED) is 0.489. The summed E-state index contributed by atoms with van der Waals surface area (Å²) in [6.07, 6.45) is 0. The Balaban J connectivity index is 1.49. The fourth-order valence-electron chi connectivity index (χ4n) is 4.61. The Bertz CT molecular complexity index is 1280. The molecule has 0 radical (unpaired) electrons. The average Bonchev–Trinajstić information content (AvgIpc) is 2.98. The normalized spacial score (nSPS) is 15.8. The van der Waals surface area contributed by atoms with Gasteiger partial charge < -0.3 is 15.5 Å². The average molecular weight is 395 g/mol. The Labute approximate surface area is 172 Å². The van der Waals surface area contributed by atoms with Crippen molar-refractivity contribution in [2.75, 3.05) is 15.5 Å². The van der Waals surface area contributed by atoms with E-state index in [1.165, 1.54) is 12.1 Å². The summed E-state index contributed by atoms with van der Waals surface area (Å²) in [7, 11) is 0. The van der Waals surface area contributed by atoms with Crippen LogP contribution in [0.3, 0.4) is 0 Å². The first-order valence-corrected chi connectivity index (χ1v) is 9.90. The number of hydrogen-bond donors (Lipinski definition) is 2. The molecule has 0 saturated heterocycles. The van der Waals surface area contributed by atoms with Gasteiger partial charge in [-0.25, -0.2) is 4.39 Å². The van der Waals surface area contributed by atoms with Crippen LogP contribution in [0.5, 0.6) is 0 Å². The van der Waals surface area contributed by atoms with E-state index in [1.54, 1.807) is 17.0 Å². The summed E-state index contributed by atoms with van der Waals surface area (Å²) in [5.41, 5.74) is 3.36. The minimum atomic E-state index is -1.08. The van der Waals surface area contributed by atoms with Crippen LogP contribution in [0.4, 0.5) is 21.5 Å². The van der Waals surface area contributed by atoms with Gasteiger partial charge in [-0.15, -0.1) is 0 Å². The van der Waals surface area contributed by atoms with Crippen molar-refractivity contribution in [1.82, 2.24) is 0 Å². The van der Waals surface area contributed by atoms with Gasteiger partial charge in [0.15, 0.2) is 0 Å². The third-order valence-electron chi connectivity index (χ3n) is 5.97. The zero-order valence-electron chi connectivity index (χ0n) is 16.0. The first kappa shape index (κ1) is 17.0. The summed E-state index contributed by atoms with van der Waals surface area (Å²) < 4.78 is 13.4. The molecular weight excluding hydrogens is 377 g/mol. The number of nitrogens with one attached hydrogen (secondary N) is 2. The van der Waals surface area contributed by atoms with Gasteiger partial charge in [-0.2, -0.15) is 0 Å². The Morgan fingerprint density at radius 1 is 0.800 bits per heavy atom. The number of hydrogen-bond acceptors (Lipinski definition) is 3. The lowest BCUT2D eigenvalue weighted by molar-refractivity contribution is -0.121. The first-order chi connectivity index (χ1) is 14.7. The summed E-state index contributed by atoms with van der Waals surface area (Å²) in [5, 5.41) is 9.20. The fourth-order valence-corrected chi connectivity index (χ4v) is 4.61. The molecule has 5 heteroatoms. The van der Waals surface area contributed by atoms with Gasteiger partial charge in [-0.1, -0.05) is 54.6 Å². The Morgan fingerprint density at radius 2 is 1.47 bits per heavy atom. The van der Waals surface area contributed by atoms with E-state index in [0.717, 1.165) is 39.0 Å². The largest absolute Gasteiger partial charge is 0.351 e. The standard InChI is InChI=1S/C25H18FN3O/c26-18-13-11-16(12-14-18)15-29-22-10-2-1-7-19(22)25(24(29)30)27-20-8-3-5-17-6-4-9-21(28-25)23(17)20/h1-14,27-28H,15H2. The SMILES string of the molecule is O=C1N(Cc2ccc(F)cc2)c2ccccc2C12Nc1cccc3cccc(c13)N2. The lowest BCUT2D eigenvalue weighted by Gasteiger charge is -2.37. The second-order valence-corrected chi connectivity index (χ2v) is 7.74. The van der Waals surface area contributed by atoms with Gasteiger partial charge >= 0.3 is 0 Å². The molecule has 0 fully saturated rings. The molecule has 2 heterocycles. The van der Waals surface area contributed by atoms with Crippen molar-refractivity contribution in [3.8, 4) is 0 Å². The maximum absolute atomic E-state index is 13.9. The molecule has 146 valence electrons. The molecular formula is C25H18FN3O. The molecule has 0 aliphatic carbocycles. The zero-order chi connectivity index (χ0) is 20.3. The second-order valence-electron chi connectivity index (χ2n) is 7.74. The third-order valence-corrected chi connectivity index (χ3v) is 5.97. The number of carbonyl (C=O) groups excluding carboxylic acids is 1. The topological polar surface area (TPSA) is 44.4 Å². The van der Waals surface area contributed by atoms with Crippen LogP contribution in [0.25, 0.3) is 10.8 Å². The molecule has 4 aromatic carbocycles. The van der Waals surface area contributed by atoms with E-state index in [0.29, 0.717) is 6.54 Å². The highest BCUT2D eigenvalue weighted by molar-refractivity contribution is 6.16. The zero-order valence-corrected chi connectivity index (χ0v) is 16.0. The second kappa shape index (κ2) is 6.07. The summed E-state index contributed by atoms with van der Waals surface area (Å²) >= 11 is 0. The van der Waals surface area contributed by atoms with E-state index in [9.17, 15) is 9.18 Å². The highest BCUT2D eigenvalue weighted by Crippen LogP contribution is 2.48. The predicted molar refractivity (Wildman–Crippen MR) is 117 cm³/mol. The molecule has 0 saturated carbocycles. The number of benzene rings is 4.